The van der Waals surface area contributed by atoms with Crippen molar-refractivity contribution in [3.8, 4) is 0 Å². The lowest BCUT2D eigenvalue weighted by atomic mass is 10.1. The Kier molecular flexibility index (Phi) is 3.74. The third-order valence-electron chi connectivity index (χ3n) is 3.90. The smallest absolute Gasteiger partial charge is 0.265 e. The molecular formula is C17H19N3OS. The molecule has 0 saturated heterocycles. The van der Waals surface area contributed by atoms with E-state index < -0.39 is 0 Å². The van der Waals surface area contributed by atoms with Gasteiger partial charge in [0.1, 0.15) is 4.83 Å². The van der Waals surface area contributed by atoms with Crippen molar-refractivity contribution in [2.24, 2.45) is 7.05 Å². The fourth-order valence-corrected chi connectivity index (χ4v) is 3.71. The highest BCUT2D eigenvalue weighted by molar-refractivity contribution is 7.20. The van der Waals surface area contributed by atoms with E-state index in [1.807, 2.05) is 43.8 Å². The fourth-order valence-electron chi connectivity index (χ4n) is 2.69. The summed E-state index contributed by atoms with van der Waals surface area (Å²) in [7, 11) is 1.91. The van der Waals surface area contributed by atoms with Crippen molar-refractivity contribution in [2.75, 3.05) is 5.32 Å². The minimum atomic E-state index is -0.0513. The maximum Gasteiger partial charge on any atom is 0.265 e. The molecule has 4 nitrogen and oxygen atoms in total. The van der Waals surface area contributed by atoms with Gasteiger partial charge < -0.3 is 5.32 Å². The minimum Gasteiger partial charge on any atom is -0.321 e. The molecule has 0 radical (unpaired) electrons. The van der Waals surface area contributed by atoms with Crippen LogP contribution in [-0.2, 0) is 13.5 Å². The molecule has 1 aromatic carbocycles. The van der Waals surface area contributed by atoms with Gasteiger partial charge >= 0.3 is 0 Å². The van der Waals surface area contributed by atoms with Crippen LogP contribution in [-0.4, -0.2) is 15.7 Å². The molecule has 0 atom stereocenters. The number of hydrogen-bond acceptors (Lipinski definition) is 3. The quantitative estimate of drug-likeness (QED) is 0.792. The van der Waals surface area contributed by atoms with Gasteiger partial charge in [-0.2, -0.15) is 5.10 Å². The summed E-state index contributed by atoms with van der Waals surface area (Å²) < 4.78 is 1.83. The van der Waals surface area contributed by atoms with Gasteiger partial charge in [-0.1, -0.05) is 25.1 Å². The number of benzene rings is 1. The first-order valence-corrected chi connectivity index (χ1v) is 8.16. The van der Waals surface area contributed by atoms with Crippen LogP contribution in [0.15, 0.2) is 24.3 Å². The van der Waals surface area contributed by atoms with Gasteiger partial charge in [0.15, 0.2) is 0 Å². The Bertz CT molecular complexity index is 826. The van der Waals surface area contributed by atoms with Crippen LogP contribution in [0.5, 0.6) is 0 Å². The molecule has 1 N–H and O–H groups in total. The molecule has 3 rings (SSSR count). The van der Waals surface area contributed by atoms with E-state index in [2.05, 4.69) is 23.4 Å². The van der Waals surface area contributed by atoms with Crippen molar-refractivity contribution in [2.45, 2.75) is 27.2 Å². The number of nitrogens with zero attached hydrogens (tertiary/aromatic N) is 2. The first kappa shape index (κ1) is 14.8. The lowest BCUT2D eigenvalue weighted by molar-refractivity contribution is 0.103. The van der Waals surface area contributed by atoms with Gasteiger partial charge in [-0.3, -0.25) is 9.48 Å². The molecule has 0 unspecified atom stereocenters. The summed E-state index contributed by atoms with van der Waals surface area (Å²) in [5.41, 5.74) is 4.14. The number of hydrogen-bond donors (Lipinski definition) is 1. The van der Waals surface area contributed by atoms with Gasteiger partial charge in [-0.25, -0.2) is 0 Å². The van der Waals surface area contributed by atoms with Crippen molar-refractivity contribution in [3.63, 3.8) is 0 Å². The van der Waals surface area contributed by atoms with Crippen LogP contribution < -0.4 is 5.32 Å². The second kappa shape index (κ2) is 5.57. The SMILES string of the molecule is CCc1cccc(C)c1NC(=O)c1cc2c(C)nn(C)c2s1. The van der Waals surface area contributed by atoms with Crippen LogP contribution in [0.25, 0.3) is 10.2 Å². The fraction of sp³-hybridized carbons (Fsp3) is 0.294. The molecule has 1 amide bonds. The van der Waals surface area contributed by atoms with E-state index in [1.165, 1.54) is 11.3 Å². The molecule has 0 aliphatic rings. The van der Waals surface area contributed by atoms with Crippen molar-refractivity contribution in [1.29, 1.82) is 0 Å². The normalized spacial score (nSPS) is 11.1. The number of para-hydroxylation sites is 1. The number of nitrogens with one attached hydrogen (secondary N) is 1. The van der Waals surface area contributed by atoms with Gasteiger partial charge in [0, 0.05) is 18.1 Å². The van der Waals surface area contributed by atoms with E-state index in [9.17, 15) is 4.79 Å². The second-order valence-corrected chi connectivity index (χ2v) is 6.49. The van der Waals surface area contributed by atoms with Gasteiger partial charge in [0.05, 0.1) is 10.6 Å². The van der Waals surface area contributed by atoms with Gasteiger partial charge in [-0.05, 0) is 37.5 Å². The standard InChI is InChI=1S/C17H19N3OS/c1-5-12-8-6-7-10(2)15(12)18-16(21)14-9-13-11(3)19-20(4)17(13)22-14/h6-9H,5H2,1-4H3,(H,18,21). The van der Waals surface area contributed by atoms with Crippen molar-refractivity contribution in [1.82, 2.24) is 9.78 Å². The average Bonchev–Trinajstić information content (AvgIpc) is 3.03. The summed E-state index contributed by atoms with van der Waals surface area (Å²) in [6.45, 7) is 6.08. The van der Waals surface area contributed by atoms with Crippen molar-refractivity contribution >= 4 is 33.1 Å². The Morgan fingerprint density at radius 1 is 1.36 bits per heavy atom. The van der Waals surface area contributed by atoms with Gasteiger partial charge in [-0.15, -0.1) is 11.3 Å². The number of amides is 1. The topological polar surface area (TPSA) is 46.9 Å². The second-order valence-electron chi connectivity index (χ2n) is 5.46. The molecule has 0 aliphatic carbocycles. The predicted molar refractivity (Wildman–Crippen MR) is 91.8 cm³/mol. The number of rotatable bonds is 3. The number of carbonyl (C=O) groups is 1. The molecule has 22 heavy (non-hydrogen) atoms. The first-order chi connectivity index (χ1) is 10.5. The Balaban J connectivity index is 1.95. The lowest BCUT2D eigenvalue weighted by Crippen LogP contribution is -2.13. The molecule has 0 aliphatic heterocycles. The highest BCUT2D eigenvalue weighted by Crippen LogP contribution is 2.29. The summed E-state index contributed by atoms with van der Waals surface area (Å²) in [4.78, 5) is 14.3. The maximum atomic E-state index is 12.6. The van der Waals surface area contributed by atoms with E-state index in [-0.39, 0.29) is 5.91 Å². The van der Waals surface area contributed by atoms with E-state index in [4.69, 9.17) is 0 Å². The molecular weight excluding hydrogens is 294 g/mol. The monoisotopic (exact) mass is 313 g/mol. The Hall–Kier alpha value is -2.14. The van der Waals surface area contributed by atoms with Crippen LogP contribution in [0.3, 0.4) is 0 Å². The van der Waals surface area contributed by atoms with Crippen molar-refractivity contribution in [3.05, 3.63) is 46.0 Å². The van der Waals surface area contributed by atoms with E-state index >= 15 is 0 Å². The Morgan fingerprint density at radius 3 is 2.82 bits per heavy atom. The summed E-state index contributed by atoms with van der Waals surface area (Å²) in [5, 5.41) is 8.50. The number of aryl methyl sites for hydroxylation is 4. The summed E-state index contributed by atoms with van der Waals surface area (Å²) in [6, 6.07) is 8.04. The molecule has 5 heteroatoms. The van der Waals surface area contributed by atoms with E-state index in [1.54, 1.807) is 0 Å². The molecule has 2 heterocycles. The largest absolute Gasteiger partial charge is 0.321 e. The number of aromatic nitrogens is 2. The molecule has 0 bridgehead atoms. The first-order valence-electron chi connectivity index (χ1n) is 7.34. The van der Waals surface area contributed by atoms with Gasteiger partial charge in [0.2, 0.25) is 0 Å². The van der Waals surface area contributed by atoms with Crippen LogP contribution in [0.4, 0.5) is 5.69 Å². The van der Waals surface area contributed by atoms with Crippen molar-refractivity contribution < 1.29 is 4.79 Å². The third-order valence-corrected chi connectivity index (χ3v) is 5.10. The summed E-state index contributed by atoms with van der Waals surface area (Å²) in [5.74, 6) is -0.0513. The predicted octanol–water partition coefficient (Wildman–Crippen LogP) is 4.07. The lowest BCUT2D eigenvalue weighted by Gasteiger charge is -2.12. The average molecular weight is 313 g/mol. The van der Waals surface area contributed by atoms with Crippen LogP contribution in [0, 0.1) is 13.8 Å². The third kappa shape index (κ3) is 2.41. The summed E-state index contributed by atoms with van der Waals surface area (Å²) in [6.07, 6.45) is 0.896. The maximum absolute atomic E-state index is 12.6. The zero-order valence-electron chi connectivity index (χ0n) is 13.2. The highest BCUT2D eigenvalue weighted by atomic mass is 32.1. The van der Waals surface area contributed by atoms with E-state index in [0.29, 0.717) is 0 Å². The van der Waals surface area contributed by atoms with Gasteiger partial charge in [0.25, 0.3) is 5.91 Å². The van der Waals surface area contributed by atoms with Crippen LogP contribution >= 0.6 is 11.3 Å². The molecule has 2 aromatic heterocycles. The zero-order chi connectivity index (χ0) is 15.9. The number of anilines is 1. The molecule has 0 spiro atoms. The molecule has 0 saturated carbocycles. The number of fused-ring (bicyclic) bond motifs is 1. The molecule has 114 valence electrons. The number of carbonyl (C=O) groups excluding carboxylic acids is 1. The minimum absolute atomic E-state index is 0.0513. The van der Waals surface area contributed by atoms with Crippen LogP contribution in [0.1, 0.15) is 33.4 Å². The highest BCUT2D eigenvalue weighted by Gasteiger charge is 2.16. The van der Waals surface area contributed by atoms with E-state index in [0.717, 1.165) is 44.0 Å². The summed E-state index contributed by atoms with van der Waals surface area (Å²) >= 11 is 1.48. The Morgan fingerprint density at radius 2 is 2.14 bits per heavy atom. The molecule has 3 aromatic rings. The zero-order valence-corrected chi connectivity index (χ0v) is 14.0. The van der Waals surface area contributed by atoms with Crippen LogP contribution in [0.2, 0.25) is 0 Å². The molecule has 0 fully saturated rings. The Labute approximate surface area is 133 Å². The number of thiophene rings is 1.